The molecule has 2 aromatic carbocycles. The molecular weight excluding hydrogens is 427 g/mol. The second-order valence-electron chi connectivity index (χ2n) is 6.31. The summed E-state index contributed by atoms with van der Waals surface area (Å²) in [6.07, 6.45) is 3.63. The van der Waals surface area contributed by atoms with Crippen molar-refractivity contribution in [3.05, 3.63) is 57.7 Å². The Labute approximate surface area is 184 Å². The van der Waals surface area contributed by atoms with E-state index >= 15 is 0 Å². The number of likely N-dealkylation sites (N-methyl/N-ethyl adjacent to an activating group) is 1. The van der Waals surface area contributed by atoms with E-state index in [2.05, 4.69) is 10.3 Å². The molecule has 3 aromatic rings. The average Bonchev–Trinajstić information content (AvgIpc) is 2.75. The number of methoxy groups -OCH3 is 1. The minimum Gasteiger partial charge on any atom is -0.504 e. The fraction of sp³-hybridized carbons (Fsp3) is 0.182. The van der Waals surface area contributed by atoms with E-state index in [-0.39, 0.29) is 23.3 Å². The lowest BCUT2D eigenvalue weighted by Crippen LogP contribution is -2.28. The molecule has 0 saturated heterocycles. The van der Waals surface area contributed by atoms with Gasteiger partial charge in [0.25, 0.3) is 5.91 Å². The number of nitrogens with zero attached hydrogens (tertiary/aromatic N) is 1. The zero-order chi connectivity index (χ0) is 21.7. The molecule has 0 fully saturated rings. The van der Waals surface area contributed by atoms with Crippen molar-refractivity contribution in [3.63, 3.8) is 0 Å². The highest BCUT2D eigenvalue weighted by molar-refractivity contribution is 6.39. The van der Waals surface area contributed by atoms with Crippen LogP contribution < -0.4 is 14.8 Å². The first-order valence-electron chi connectivity index (χ1n) is 9.16. The maximum absolute atomic E-state index is 11.6. The number of pyridine rings is 1. The van der Waals surface area contributed by atoms with E-state index in [1.807, 2.05) is 19.1 Å². The van der Waals surface area contributed by atoms with Gasteiger partial charge in [-0.25, -0.2) is 4.98 Å². The molecule has 30 heavy (non-hydrogen) atoms. The first-order valence-corrected chi connectivity index (χ1v) is 9.91. The molecule has 0 spiro atoms. The van der Waals surface area contributed by atoms with Gasteiger partial charge in [-0.3, -0.25) is 4.79 Å². The maximum Gasteiger partial charge on any atom is 0.257 e. The van der Waals surface area contributed by atoms with Crippen molar-refractivity contribution < 1.29 is 19.4 Å². The van der Waals surface area contributed by atoms with E-state index in [0.717, 1.165) is 5.56 Å². The highest BCUT2D eigenvalue weighted by Crippen LogP contribution is 2.36. The Morgan fingerprint density at radius 2 is 1.93 bits per heavy atom. The smallest absolute Gasteiger partial charge is 0.257 e. The fourth-order valence-electron chi connectivity index (χ4n) is 2.79. The van der Waals surface area contributed by atoms with E-state index < -0.39 is 0 Å². The number of benzene rings is 2. The minimum atomic E-state index is -0.200. The Morgan fingerprint density at radius 3 is 2.67 bits per heavy atom. The van der Waals surface area contributed by atoms with E-state index in [1.54, 1.807) is 30.3 Å². The van der Waals surface area contributed by atoms with Crippen LogP contribution in [-0.2, 0) is 4.79 Å². The summed E-state index contributed by atoms with van der Waals surface area (Å²) in [7, 11) is 1.53. The van der Waals surface area contributed by atoms with Crippen molar-refractivity contribution in [1.29, 1.82) is 0 Å². The van der Waals surface area contributed by atoms with Crippen LogP contribution in [0.1, 0.15) is 18.2 Å². The number of hydrogen-bond acceptors (Lipinski definition) is 5. The summed E-state index contributed by atoms with van der Waals surface area (Å²) in [5, 5.41) is 14.0. The highest BCUT2D eigenvalue weighted by Gasteiger charge is 2.11. The number of carbonyl (C=O) groups is 1. The molecule has 3 rings (SSSR count). The lowest BCUT2D eigenvalue weighted by molar-refractivity contribution is -0.123. The number of aromatic nitrogens is 1. The van der Waals surface area contributed by atoms with Gasteiger partial charge in [0, 0.05) is 11.9 Å². The molecule has 0 radical (unpaired) electrons. The van der Waals surface area contributed by atoms with Crippen LogP contribution in [0.2, 0.25) is 10.0 Å². The fourth-order valence-corrected chi connectivity index (χ4v) is 3.31. The number of ether oxygens (including phenoxy) is 2. The molecule has 0 unspecified atom stereocenters. The molecule has 0 aliphatic carbocycles. The summed E-state index contributed by atoms with van der Waals surface area (Å²) < 4.78 is 10.9. The van der Waals surface area contributed by atoms with E-state index in [9.17, 15) is 9.90 Å². The van der Waals surface area contributed by atoms with Gasteiger partial charge in [-0.2, -0.15) is 0 Å². The molecular formula is C22H20Cl2N2O4. The van der Waals surface area contributed by atoms with Crippen LogP contribution in [0.5, 0.6) is 17.2 Å². The molecule has 156 valence electrons. The number of phenols is 1. The van der Waals surface area contributed by atoms with Gasteiger partial charge in [0.15, 0.2) is 23.9 Å². The Balaban J connectivity index is 1.82. The zero-order valence-electron chi connectivity index (χ0n) is 16.4. The van der Waals surface area contributed by atoms with Gasteiger partial charge in [0.2, 0.25) is 0 Å². The molecule has 1 heterocycles. The highest BCUT2D eigenvalue weighted by atomic mass is 35.5. The third-order valence-corrected chi connectivity index (χ3v) is 4.85. The summed E-state index contributed by atoms with van der Waals surface area (Å²) in [5.41, 5.74) is 1.79. The summed E-state index contributed by atoms with van der Waals surface area (Å²) in [5.74, 6) is 0.666. The van der Waals surface area contributed by atoms with Crippen molar-refractivity contribution in [2.45, 2.75) is 6.92 Å². The van der Waals surface area contributed by atoms with Crippen LogP contribution in [0.25, 0.3) is 23.1 Å². The summed E-state index contributed by atoms with van der Waals surface area (Å²) in [4.78, 5) is 16.0. The third kappa shape index (κ3) is 4.96. The normalized spacial score (nSPS) is 11.1. The summed E-state index contributed by atoms with van der Waals surface area (Å²) in [6.45, 7) is 2.30. The number of fused-ring (bicyclic) bond motifs is 1. The quantitative estimate of drug-likeness (QED) is 0.536. The standard InChI is InChI=1S/C22H20Cl2N2O4/c1-3-25-20(27)12-30-18-9-5-13(10-19(18)29-2)4-6-14-7-8-15-16(23)11-17(24)22(28)21(15)26-14/h4-11,28H,3,12H2,1-2H3,(H,25,27)/b6-4+. The van der Waals surface area contributed by atoms with Crippen LogP contribution in [0.3, 0.4) is 0 Å². The SMILES string of the molecule is CCNC(=O)COc1ccc(/C=C/c2ccc3c(Cl)cc(Cl)c(O)c3n2)cc1OC. The van der Waals surface area contributed by atoms with Gasteiger partial charge in [0.1, 0.15) is 5.52 Å². The predicted octanol–water partition coefficient (Wildman–Crippen LogP) is 4.94. The second kappa shape index (κ2) is 9.69. The maximum atomic E-state index is 11.6. The average molecular weight is 447 g/mol. The number of nitrogens with one attached hydrogen (secondary N) is 1. The number of hydrogen-bond donors (Lipinski definition) is 2. The first-order chi connectivity index (χ1) is 14.4. The van der Waals surface area contributed by atoms with Gasteiger partial charge in [-0.15, -0.1) is 0 Å². The van der Waals surface area contributed by atoms with E-state index in [0.29, 0.717) is 39.7 Å². The van der Waals surface area contributed by atoms with Crippen LogP contribution in [0.15, 0.2) is 36.4 Å². The van der Waals surface area contributed by atoms with Crippen molar-refractivity contribution >= 4 is 52.2 Å². The van der Waals surface area contributed by atoms with Gasteiger partial charge in [-0.05, 0) is 48.9 Å². The third-order valence-electron chi connectivity index (χ3n) is 4.24. The number of amides is 1. The lowest BCUT2D eigenvalue weighted by Gasteiger charge is -2.11. The Morgan fingerprint density at radius 1 is 1.13 bits per heavy atom. The molecule has 0 aliphatic rings. The van der Waals surface area contributed by atoms with Crippen LogP contribution in [-0.4, -0.2) is 36.3 Å². The molecule has 0 bridgehead atoms. The lowest BCUT2D eigenvalue weighted by atomic mass is 10.1. The van der Waals surface area contributed by atoms with Gasteiger partial charge in [0.05, 0.1) is 22.8 Å². The summed E-state index contributed by atoms with van der Waals surface area (Å²) >= 11 is 12.2. The van der Waals surface area contributed by atoms with Crippen molar-refractivity contribution in [1.82, 2.24) is 10.3 Å². The molecule has 6 nitrogen and oxygen atoms in total. The van der Waals surface area contributed by atoms with Crippen LogP contribution >= 0.6 is 23.2 Å². The number of aromatic hydroxyl groups is 1. The minimum absolute atomic E-state index is 0.0883. The van der Waals surface area contributed by atoms with Crippen molar-refractivity contribution in [2.24, 2.45) is 0 Å². The predicted molar refractivity (Wildman–Crippen MR) is 120 cm³/mol. The van der Waals surface area contributed by atoms with Gasteiger partial charge in [-0.1, -0.05) is 35.3 Å². The van der Waals surface area contributed by atoms with Gasteiger partial charge < -0.3 is 19.9 Å². The molecule has 0 saturated carbocycles. The Bertz CT molecular complexity index is 1120. The van der Waals surface area contributed by atoms with Crippen molar-refractivity contribution in [2.75, 3.05) is 20.3 Å². The van der Waals surface area contributed by atoms with Crippen LogP contribution in [0, 0.1) is 0 Å². The number of carbonyl (C=O) groups excluding carboxylic acids is 1. The van der Waals surface area contributed by atoms with Crippen molar-refractivity contribution in [3.8, 4) is 17.2 Å². The molecule has 8 heteroatoms. The number of rotatable bonds is 7. The molecule has 1 amide bonds. The Kier molecular flexibility index (Phi) is 7.03. The topological polar surface area (TPSA) is 80.7 Å². The van der Waals surface area contributed by atoms with Crippen LogP contribution in [0.4, 0.5) is 0 Å². The van der Waals surface area contributed by atoms with Gasteiger partial charge >= 0.3 is 0 Å². The Hall–Kier alpha value is -2.96. The second-order valence-corrected chi connectivity index (χ2v) is 7.12. The first kappa shape index (κ1) is 21.7. The summed E-state index contributed by atoms with van der Waals surface area (Å²) in [6, 6.07) is 10.4. The monoisotopic (exact) mass is 446 g/mol. The molecule has 0 atom stereocenters. The molecule has 0 aliphatic heterocycles. The number of halogens is 2. The molecule has 2 N–H and O–H groups in total. The van der Waals surface area contributed by atoms with E-state index in [4.69, 9.17) is 32.7 Å². The largest absolute Gasteiger partial charge is 0.504 e. The molecule has 1 aromatic heterocycles. The van der Waals surface area contributed by atoms with E-state index in [1.165, 1.54) is 13.2 Å². The number of phenolic OH excluding ortho intramolecular Hbond substituents is 1. The zero-order valence-corrected chi connectivity index (χ0v) is 17.9.